The van der Waals surface area contributed by atoms with Gasteiger partial charge in [-0.2, -0.15) is 4.39 Å². The van der Waals surface area contributed by atoms with E-state index in [4.69, 9.17) is 18.9 Å². The van der Waals surface area contributed by atoms with E-state index in [0.717, 1.165) is 24.3 Å². The molecule has 1 aromatic carbocycles. The summed E-state index contributed by atoms with van der Waals surface area (Å²) in [6, 6.07) is 2.49. The molecule has 0 bridgehead atoms. The Hall–Kier alpha value is -2.50. The zero-order chi connectivity index (χ0) is 24.0. The van der Waals surface area contributed by atoms with Gasteiger partial charge in [-0.1, -0.05) is 0 Å². The number of morpholine rings is 1. The van der Waals surface area contributed by atoms with Gasteiger partial charge in [0.2, 0.25) is 12.1 Å². The lowest BCUT2D eigenvalue weighted by atomic mass is 10.1. The number of carbonyl (C=O) groups excluding carboxylic acids is 1. The van der Waals surface area contributed by atoms with Crippen LogP contribution >= 0.6 is 11.3 Å². The van der Waals surface area contributed by atoms with Crippen molar-refractivity contribution < 1.29 is 32.5 Å². The molecule has 0 saturated carbocycles. The zero-order valence-corrected chi connectivity index (χ0v) is 20.0. The number of hydrogen-bond acceptors (Lipinski definition) is 8. The fourth-order valence-electron chi connectivity index (χ4n) is 3.04. The van der Waals surface area contributed by atoms with Crippen molar-refractivity contribution in [3.05, 3.63) is 29.1 Å². The fraction of sp³-hybridized carbons (Fsp3) is 0.545. The summed E-state index contributed by atoms with van der Waals surface area (Å²) >= 11 is 1.42. The number of aromatic nitrogens is 1. The van der Waals surface area contributed by atoms with Crippen molar-refractivity contribution in [1.29, 1.82) is 0 Å². The van der Waals surface area contributed by atoms with Gasteiger partial charge >= 0.3 is 6.09 Å². The highest BCUT2D eigenvalue weighted by Gasteiger charge is 2.21. The number of carbonyl (C=O) groups is 1. The summed E-state index contributed by atoms with van der Waals surface area (Å²) in [5.74, 6) is -2.35. The molecule has 0 spiro atoms. The number of rotatable bonds is 8. The number of nitrogens with zero attached hydrogens (tertiary/aromatic N) is 2. The minimum atomic E-state index is -1.10. The first-order valence-electron chi connectivity index (χ1n) is 10.6. The summed E-state index contributed by atoms with van der Waals surface area (Å²) in [6.45, 7) is 9.62. The van der Waals surface area contributed by atoms with Crippen molar-refractivity contribution in [2.24, 2.45) is 0 Å². The summed E-state index contributed by atoms with van der Waals surface area (Å²) in [5, 5.41) is 5.22. The van der Waals surface area contributed by atoms with E-state index in [1.807, 2.05) is 20.8 Å². The van der Waals surface area contributed by atoms with Crippen molar-refractivity contribution >= 4 is 22.6 Å². The molecule has 1 fully saturated rings. The lowest BCUT2D eigenvalue weighted by Gasteiger charge is -2.26. The molecule has 0 radical (unpaired) electrons. The molecule has 182 valence electrons. The largest absolute Gasteiger partial charge is 0.487 e. The third kappa shape index (κ3) is 7.24. The number of alkyl carbamates (subject to hydrolysis) is 1. The van der Waals surface area contributed by atoms with Crippen molar-refractivity contribution in [1.82, 2.24) is 10.3 Å². The fourth-order valence-corrected chi connectivity index (χ4v) is 3.92. The minimum Gasteiger partial charge on any atom is -0.487 e. The summed E-state index contributed by atoms with van der Waals surface area (Å²) in [6.07, 6.45) is -1.46. The quantitative estimate of drug-likeness (QED) is 0.444. The molecule has 1 aromatic heterocycles. The Morgan fingerprint density at radius 1 is 1.27 bits per heavy atom. The molecule has 2 aromatic rings. The van der Waals surface area contributed by atoms with Crippen molar-refractivity contribution in [3.63, 3.8) is 0 Å². The monoisotopic (exact) mass is 485 g/mol. The van der Waals surface area contributed by atoms with Gasteiger partial charge in [0.25, 0.3) is 0 Å². The number of benzene rings is 1. The maximum atomic E-state index is 14.6. The Morgan fingerprint density at radius 3 is 2.70 bits per heavy atom. The van der Waals surface area contributed by atoms with Gasteiger partial charge in [0.15, 0.2) is 16.7 Å². The van der Waals surface area contributed by atoms with Crippen LogP contribution in [-0.4, -0.2) is 62.4 Å². The van der Waals surface area contributed by atoms with Crippen molar-refractivity contribution in [3.8, 4) is 17.0 Å². The van der Waals surface area contributed by atoms with Crippen LogP contribution in [0.15, 0.2) is 17.5 Å². The van der Waals surface area contributed by atoms with Crippen LogP contribution in [0.25, 0.3) is 11.3 Å². The van der Waals surface area contributed by atoms with E-state index in [-0.39, 0.29) is 19.0 Å². The molecule has 33 heavy (non-hydrogen) atoms. The normalized spacial score (nSPS) is 15.3. The standard InChI is InChI=1S/C22H29F2N3O5S/c1-14(32-21(28)26-22(2,3)4)30-11-12-31-19-15(5-6-16(23)18(19)24)17-13-33-20(25-17)27-7-9-29-10-8-27/h5-6,13-14H,7-12H2,1-4H3,(H,26,28). The third-order valence-corrected chi connectivity index (χ3v) is 5.43. The Morgan fingerprint density at radius 2 is 2.00 bits per heavy atom. The Bertz CT molecular complexity index is 945. The molecular formula is C22H29F2N3O5S. The van der Waals surface area contributed by atoms with Gasteiger partial charge in [-0.3, -0.25) is 0 Å². The number of halogens is 2. The van der Waals surface area contributed by atoms with Crippen LogP contribution in [0.3, 0.4) is 0 Å². The summed E-state index contributed by atoms with van der Waals surface area (Å²) in [4.78, 5) is 18.4. The molecule has 1 aliphatic heterocycles. The zero-order valence-electron chi connectivity index (χ0n) is 19.2. The second kappa shape index (κ2) is 11.1. The van der Waals surface area contributed by atoms with Gasteiger partial charge in [-0.15, -0.1) is 11.3 Å². The van der Waals surface area contributed by atoms with Gasteiger partial charge in [-0.25, -0.2) is 14.2 Å². The number of thiazole rings is 1. The molecule has 1 unspecified atom stereocenters. The SMILES string of the molecule is CC(OCCOc1c(-c2csc(N3CCOCC3)n2)ccc(F)c1F)OC(=O)NC(C)(C)C. The second-order valence-electron chi connectivity index (χ2n) is 8.42. The van der Waals surface area contributed by atoms with Gasteiger partial charge in [0.1, 0.15) is 6.61 Å². The summed E-state index contributed by atoms with van der Waals surface area (Å²) in [5.41, 5.74) is 0.396. The lowest BCUT2D eigenvalue weighted by molar-refractivity contribution is -0.0978. The highest BCUT2D eigenvalue weighted by Crippen LogP contribution is 2.36. The van der Waals surface area contributed by atoms with Gasteiger partial charge < -0.3 is 29.2 Å². The van der Waals surface area contributed by atoms with Crippen LogP contribution in [0.5, 0.6) is 5.75 Å². The smallest absolute Gasteiger partial charge is 0.409 e. The minimum absolute atomic E-state index is 0.00451. The number of hydrogen-bond donors (Lipinski definition) is 1. The first-order chi connectivity index (χ1) is 15.6. The maximum Gasteiger partial charge on any atom is 0.409 e. The molecule has 11 heteroatoms. The molecule has 1 saturated heterocycles. The first kappa shape index (κ1) is 25.1. The van der Waals surface area contributed by atoms with E-state index >= 15 is 0 Å². The highest BCUT2D eigenvalue weighted by atomic mass is 32.1. The Labute approximate surface area is 195 Å². The van der Waals surface area contributed by atoms with Crippen LogP contribution in [0.4, 0.5) is 18.7 Å². The Kier molecular flexibility index (Phi) is 8.44. The molecule has 8 nitrogen and oxygen atoms in total. The second-order valence-corrected chi connectivity index (χ2v) is 9.26. The van der Waals surface area contributed by atoms with Crippen LogP contribution in [-0.2, 0) is 14.2 Å². The van der Waals surface area contributed by atoms with Crippen molar-refractivity contribution in [2.75, 3.05) is 44.4 Å². The molecule has 0 aliphatic carbocycles. The molecule has 2 heterocycles. The van der Waals surface area contributed by atoms with Gasteiger partial charge in [0, 0.05) is 29.6 Å². The topological polar surface area (TPSA) is 82.2 Å². The van der Waals surface area contributed by atoms with Gasteiger partial charge in [-0.05, 0) is 39.8 Å². The molecule has 1 aliphatic rings. The average Bonchev–Trinajstić information content (AvgIpc) is 3.23. The molecule has 1 atom stereocenters. The molecule has 1 amide bonds. The number of ether oxygens (including phenoxy) is 4. The van der Waals surface area contributed by atoms with Gasteiger partial charge in [0.05, 0.1) is 25.5 Å². The van der Waals surface area contributed by atoms with E-state index in [1.165, 1.54) is 17.4 Å². The van der Waals surface area contributed by atoms with E-state index in [2.05, 4.69) is 15.2 Å². The number of amides is 1. The average molecular weight is 486 g/mol. The molecule has 1 N–H and O–H groups in total. The number of anilines is 1. The summed E-state index contributed by atoms with van der Waals surface area (Å²) in [7, 11) is 0. The highest BCUT2D eigenvalue weighted by molar-refractivity contribution is 7.14. The predicted molar refractivity (Wildman–Crippen MR) is 121 cm³/mol. The van der Waals surface area contributed by atoms with E-state index in [0.29, 0.717) is 24.5 Å². The predicted octanol–water partition coefficient (Wildman–Crippen LogP) is 4.19. The third-order valence-electron chi connectivity index (χ3n) is 4.53. The van der Waals surface area contributed by atoms with Crippen LogP contribution in [0.2, 0.25) is 0 Å². The van der Waals surface area contributed by atoms with Crippen LogP contribution < -0.4 is 15.0 Å². The van der Waals surface area contributed by atoms with Crippen molar-refractivity contribution in [2.45, 2.75) is 39.5 Å². The van der Waals surface area contributed by atoms with Crippen LogP contribution in [0, 0.1) is 11.6 Å². The number of nitrogens with one attached hydrogen (secondary N) is 1. The lowest BCUT2D eigenvalue weighted by Crippen LogP contribution is -2.42. The summed E-state index contributed by atoms with van der Waals surface area (Å²) < 4.78 is 49.8. The van der Waals surface area contributed by atoms with Crippen LogP contribution in [0.1, 0.15) is 27.7 Å². The first-order valence-corrected chi connectivity index (χ1v) is 11.5. The molecule has 3 rings (SSSR count). The van der Waals surface area contributed by atoms with E-state index < -0.39 is 29.6 Å². The molecular weight excluding hydrogens is 456 g/mol. The Balaban J connectivity index is 1.60. The van der Waals surface area contributed by atoms with E-state index in [9.17, 15) is 13.6 Å². The maximum absolute atomic E-state index is 14.6. The van der Waals surface area contributed by atoms with E-state index in [1.54, 1.807) is 12.3 Å².